The molecular formula is C20H13F3N2O6. The predicted molar refractivity (Wildman–Crippen MR) is 100 cm³/mol. The zero-order valence-electron chi connectivity index (χ0n) is 15.5. The van der Waals surface area contributed by atoms with Crippen molar-refractivity contribution >= 4 is 23.4 Å². The van der Waals surface area contributed by atoms with E-state index in [4.69, 9.17) is 9.15 Å². The molecule has 1 unspecified atom stereocenters. The van der Waals surface area contributed by atoms with Gasteiger partial charge < -0.3 is 14.5 Å². The molecule has 0 aliphatic rings. The van der Waals surface area contributed by atoms with Crippen LogP contribution < -0.4 is 5.32 Å². The van der Waals surface area contributed by atoms with Gasteiger partial charge in [0.15, 0.2) is 0 Å². The Hall–Kier alpha value is -4.15. The quantitative estimate of drug-likeness (QED) is 0.341. The van der Waals surface area contributed by atoms with E-state index in [0.29, 0.717) is 0 Å². The van der Waals surface area contributed by atoms with Gasteiger partial charge in [0.1, 0.15) is 4.92 Å². The molecule has 8 nitrogen and oxygen atoms in total. The third kappa shape index (κ3) is 5.26. The van der Waals surface area contributed by atoms with Crippen LogP contribution in [0, 0.1) is 10.1 Å². The van der Waals surface area contributed by atoms with E-state index < -0.39 is 46.3 Å². The van der Waals surface area contributed by atoms with Crippen molar-refractivity contribution in [3.05, 3.63) is 93.7 Å². The molecule has 31 heavy (non-hydrogen) atoms. The number of benzene rings is 2. The number of carbonyl (C=O) groups excluding carboxylic acids is 2. The van der Waals surface area contributed by atoms with Crippen LogP contribution >= 0.6 is 0 Å². The lowest BCUT2D eigenvalue weighted by Gasteiger charge is -2.18. The van der Waals surface area contributed by atoms with Crippen molar-refractivity contribution in [3.63, 3.8) is 0 Å². The number of anilines is 1. The summed E-state index contributed by atoms with van der Waals surface area (Å²) in [6, 6.07) is 13.6. The summed E-state index contributed by atoms with van der Waals surface area (Å²) in [6.07, 6.45) is -6.17. The topological polar surface area (TPSA) is 112 Å². The van der Waals surface area contributed by atoms with Crippen LogP contribution in [0.3, 0.4) is 0 Å². The van der Waals surface area contributed by atoms with Crippen LogP contribution in [0.15, 0.2) is 71.1 Å². The predicted octanol–water partition coefficient (Wildman–Crippen LogP) is 4.74. The summed E-state index contributed by atoms with van der Waals surface area (Å²) in [5.74, 6) is -3.31. The highest BCUT2D eigenvalue weighted by Gasteiger charge is 2.32. The number of alkyl halides is 3. The number of esters is 1. The summed E-state index contributed by atoms with van der Waals surface area (Å²) < 4.78 is 48.6. The molecule has 0 saturated carbocycles. The average Bonchev–Trinajstić information content (AvgIpc) is 3.23. The van der Waals surface area contributed by atoms with Gasteiger partial charge in [-0.15, -0.1) is 0 Å². The largest absolute Gasteiger partial charge is 0.441 e. The number of ether oxygens (including phenoxy) is 1. The summed E-state index contributed by atoms with van der Waals surface area (Å²) in [6.45, 7) is 0. The molecule has 0 aliphatic heterocycles. The number of hydrogen-bond acceptors (Lipinski definition) is 6. The Morgan fingerprint density at radius 1 is 1.03 bits per heavy atom. The standard InChI is InChI=1S/C20H13F3N2O6/c21-20(22,23)13-7-4-8-14(11-13)24-18(26)17(12-5-2-1-3-6-12)31-19(27)15-9-10-16(30-15)25(28)29/h1-11,17H,(H,24,26). The van der Waals surface area contributed by atoms with E-state index in [0.717, 1.165) is 30.3 Å². The Morgan fingerprint density at radius 2 is 1.74 bits per heavy atom. The Labute approximate surface area is 172 Å². The van der Waals surface area contributed by atoms with Gasteiger partial charge in [-0.2, -0.15) is 13.2 Å². The first-order valence-electron chi connectivity index (χ1n) is 8.63. The second-order valence-corrected chi connectivity index (χ2v) is 6.16. The lowest BCUT2D eigenvalue weighted by Crippen LogP contribution is -2.26. The number of nitrogens with zero attached hydrogens (tertiary/aromatic N) is 1. The zero-order valence-corrected chi connectivity index (χ0v) is 15.5. The molecule has 0 saturated heterocycles. The summed E-state index contributed by atoms with van der Waals surface area (Å²) in [7, 11) is 0. The molecule has 1 atom stereocenters. The minimum atomic E-state index is -4.61. The fourth-order valence-electron chi connectivity index (χ4n) is 2.58. The number of carbonyl (C=O) groups is 2. The zero-order chi connectivity index (χ0) is 22.6. The van der Waals surface area contributed by atoms with E-state index in [1.165, 1.54) is 18.2 Å². The Morgan fingerprint density at radius 3 is 2.35 bits per heavy atom. The van der Waals surface area contributed by atoms with Crippen molar-refractivity contribution in [2.24, 2.45) is 0 Å². The van der Waals surface area contributed by atoms with Gasteiger partial charge in [0, 0.05) is 11.3 Å². The van der Waals surface area contributed by atoms with E-state index in [2.05, 4.69) is 5.32 Å². The Bertz CT molecular complexity index is 1110. The van der Waals surface area contributed by atoms with Crippen LogP contribution in [0.25, 0.3) is 0 Å². The number of halogens is 3. The average molecular weight is 434 g/mol. The molecule has 3 rings (SSSR count). The van der Waals surface area contributed by atoms with Gasteiger partial charge >= 0.3 is 18.0 Å². The third-order valence-corrected chi connectivity index (χ3v) is 4.00. The van der Waals surface area contributed by atoms with Crippen molar-refractivity contribution in [3.8, 4) is 0 Å². The summed E-state index contributed by atoms with van der Waals surface area (Å²) in [4.78, 5) is 34.9. The van der Waals surface area contributed by atoms with Crippen LogP contribution in [0.2, 0.25) is 0 Å². The molecule has 1 amide bonds. The maximum Gasteiger partial charge on any atom is 0.433 e. The van der Waals surface area contributed by atoms with Gasteiger partial charge in [0.25, 0.3) is 5.91 Å². The summed E-state index contributed by atoms with van der Waals surface area (Å²) >= 11 is 0. The second kappa shape index (κ2) is 8.69. The van der Waals surface area contributed by atoms with E-state index in [9.17, 15) is 32.9 Å². The number of furan rings is 1. The molecule has 2 aromatic carbocycles. The number of nitro groups is 1. The van der Waals surface area contributed by atoms with E-state index in [1.807, 2.05) is 0 Å². The maximum absolute atomic E-state index is 12.9. The van der Waals surface area contributed by atoms with Crippen molar-refractivity contribution in [1.29, 1.82) is 0 Å². The Kier molecular flexibility index (Phi) is 6.05. The molecule has 1 heterocycles. The van der Waals surface area contributed by atoms with Crippen molar-refractivity contribution < 1.29 is 36.8 Å². The first kappa shape index (κ1) is 21.6. The number of hydrogen-bond donors (Lipinski definition) is 1. The molecule has 0 spiro atoms. The van der Waals surface area contributed by atoms with Gasteiger partial charge in [-0.1, -0.05) is 36.4 Å². The minimum Gasteiger partial charge on any atom is -0.441 e. The van der Waals surface area contributed by atoms with Crippen LogP contribution in [0.1, 0.15) is 27.8 Å². The molecule has 1 aromatic heterocycles. The summed E-state index contributed by atoms with van der Waals surface area (Å²) in [5.41, 5.74) is -0.909. The van der Waals surface area contributed by atoms with Crippen molar-refractivity contribution in [2.75, 3.05) is 5.32 Å². The lowest BCUT2D eigenvalue weighted by molar-refractivity contribution is -0.402. The van der Waals surface area contributed by atoms with Crippen molar-refractivity contribution in [2.45, 2.75) is 12.3 Å². The smallest absolute Gasteiger partial charge is 0.433 e. The molecule has 1 N–H and O–H groups in total. The number of nitrogens with one attached hydrogen (secondary N) is 1. The third-order valence-electron chi connectivity index (χ3n) is 4.00. The van der Waals surface area contributed by atoms with Gasteiger partial charge in [-0.05, 0) is 24.3 Å². The molecule has 0 radical (unpaired) electrons. The summed E-state index contributed by atoms with van der Waals surface area (Å²) in [5, 5.41) is 13.0. The second-order valence-electron chi connectivity index (χ2n) is 6.16. The van der Waals surface area contributed by atoms with E-state index in [-0.39, 0.29) is 11.3 Å². The molecule has 11 heteroatoms. The molecule has 0 aliphatic carbocycles. The maximum atomic E-state index is 12.9. The minimum absolute atomic E-state index is 0.162. The molecule has 0 bridgehead atoms. The van der Waals surface area contributed by atoms with Crippen LogP contribution in [-0.4, -0.2) is 16.8 Å². The molecule has 160 valence electrons. The first-order valence-corrected chi connectivity index (χ1v) is 8.63. The van der Waals surface area contributed by atoms with Crippen LogP contribution in [-0.2, 0) is 15.7 Å². The monoisotopic (exact) mass is 434 g/mol. The van der Waals surface area contributed by atoms with Crippen molar-refractivity contribution in [1.82, 2.24) is 0 Å². The lowest BCUT2D eigenvalue weighted by atomic mass is 10.1. The van der Waals surface area contributed by atoms with Gasteiger partial charge in [0.2, 0.25) is 11.9 Å². The first-order chi connectivity index (χ1) is 14.6. The molecular weight excluding hydrogens is 421 g/mol. The highest BCUT2D eigenvalue weighted by molar-refractivity contribution is 5.97. The van der Waals surface area contributed by atoms with Gasteiger partial charge in [0.05, 0.1) is 11.6 Å². The normalized spacial score (nSPS) is 12.1. The molecule has 3 aromatic rings. The number of rotatable bonds is 6. The van der Waals surface area contributed by atoms with Crippen LogP contribution in [0.4, 0.5) is 24.7 Å². The molecule has 0 fully saturated rings. The number of amides is 1. The van der Waals surface area contributed by atoms with E-state index in [1.54, 1.807) is 18.2 Å². The van der Waals surface area contributed by atoms with Gasteiger partial charge in [-0.25, -0.2) is 4.79 Å². The van der Waals surface area contributed by atoms with E-state index >= 15 is 0 Å². The van der Waals surface area contributed by atoms with Crippen LogP contribution in [0.5, 0.6) is 0 Å². The highest BCUT2D eigenvalue weighted by atomic mass is 19.4. The fraction of sp³-hybridized carbons (Fsp3) is 0.100. The fourth-order valence-corrected chi connectivity index (χ4v) is 2.58. The SMILES string of the molecule is O=C(OC(C(=O)Nc1cccc(C(F)(F)F)c1)c1ccccc1)c1ccc([N+](=O)[O-])o1. The van der Waals surface area contributed by atoms with Gasteiger partial charge in [-0.3, -0.25) is 14.9 Å². The Balaban J connectivity index is 1.84. The highest BCUT2D eigenvalue weighted by Crippen LogP contribution is 2.31.